The van der Waals surface area contributed by atoms with Crippen LogP contribution < -0.4 is 11.1 Å². The van der Waals surface area contributed by atoms with E-state index >= 15 is 0 Å². The van der Waals surface area contributed by atoms with Crippen LogP contribution in [0.15, 0.2) is 42.5 Å². The van der Waals surface area contributed by atoms with Crippen molar-refractivity contribution in [2.24, 2.45) is 5.73 Å². The second kappa shape index (κ2) is 11.5. The average molecular weight is 447 g/mol. The van der Waals surface area contributed by atoms with Crippen LogP contribution in [0.5, 0.6) is 0 Å². The molecule has 2 unspecified atom stereocenters. The zero-order valence-electron chi connectivity index (χ0n) is 14.5. The van der Waals surface area contributed by atoms with Crippen LogP contribution in [-0.4, -0.2) is 23.8 Å². The van der Waals surface area contributed by atoms with Crippen LogP contribution in [-0.2, 0) is 19.1 Å². The Morgan fingerprint density at radius 1 is 0.964 bits per heavy atom. The fraction of sp³-hybridized carbons (Fsp3) is 0.333. The third-order valence-corrected chi connectivity index (χ3v) is 3.82. The molecule has 158 valence electrons. The predicted octanol–water partition coefficient (Wildman–Crippen LogP) is 3.85. The quantitative estimate of drug-likeness (QED) is 0.566. The van der Waals surface area contributed by atoms with Gasteiger partial charge in [-0.15, -0.1) is 24.8 Å². The number of aliphatic hydroxyl groups excluding tert-OH is 1. The average Bonchev–Trinajstić information content (AvgIpc) is 2.53. The molecule has 0 spiro atoms. The molecule has 2 aromatic carbocycles. The summed E-state index contributed by atoms with van der Waals surface area (Å²) in [4.78, 5) is 0. The van der Waals surface area contributed by atoms with E-state index in [0.717, 1.165) is 30.3 Å². The number of halogens is 7. The summed E-state index contributed by atoms with van der Waals surface area (Å²) in [5.74, 6) is -1.46. The highest BCUT2D eigenvalue weighted by Crippen LogP contribution is 2.29. The highest BCUT2D eigenvalue weighted by Gasteiger charge is 2.30. The molecule has 0 saturated heterocycles. The van der Waals surface area contributed by atoms with Gasteiger partial charge in [-0.2, -0.15) is 13.2 Å². The Morgan fingerprint density at radius 2 is 1.57 bits per heavy atom. The number of hydrogen-bond acceptors (Lipinski definition) is 3. The molecule has 0 radical (unpaired) electrons. The second-order valence-electron chi connectivity index (χ2n) is 6.04. The molecule has 2 rings (SSSR count). The van der Waals surface area contributed by atoms with E-state index in [4.69, 9.17) is 5.73 Å². The van der Waals surface area contributed by atoms with Gasteiger partial charge in [0.25, 0.3) is 0 Å². The number of nitrogens with one attached hydrogen (secondary N) is 1. The summed E-state index contributed by atoms with van der Waals surface area (Å²) in [6.45, 7) is 0.136. The van der Waals surface area contributed by atoms with Gasteiger partial charge in [0.15, 0.2) is 0 Å². The minimum Gasteiger partial charge on any atom is -0.390 e. The van der Waals surface area contributed by atoms with Crippen molar-refractivity contribution in [3.8, 4) is 0 Å². The summed E-state index contributed by atoms with van der Waals surface area (Å²) in [7, 11) is 0. The standard InChI is InChI=1S/C18H19F5N2O.2ClH/c19-14-5-12(6-15(20)8-14)7-16(24)17(26)10-25-9-11-2-1-3-13(4-11)18(21,22)23;;/h1-6,8,16-17,25-26H,7,9-10,24H2;2*1H. The molecule has 10 heteroatoms. The molecule has 28 heavy (non-hydrogen) atoms. The molecule has 3 nitrogen and oxygen atoms in total. The van der Waals surface area contributed by atoms with Crippen molar-refractivity contribution in [1.82, 2.24) is 5.32 Å². The third-order valence-electron chi connectivity index (χ3n) is 3.82. The molecule has 0 saturated carbocycles. The summed E-state index contributed by atoms with van der Waals surface area (Å²) >= 11 is 0. The largest absolute Gasteiger partial charge is 0.416 e. The Labute approximate surface area is 171 Å². The maximum absolute atomic E-state index is 13.2. The molecule has 0 fully saturated rings. The Morgan fingerprint density at radius 3 is 2.14 bits per heavy atom. The van der Waals surface area contributed by atoms with Crippen LogP contribution in [0.25, 0.3) is 0 Å². The van der Waals surface area contributed by atoms with Gasteiger partial charge in [0.05, 0.1) is 11.7 Å². The first-order valence-electron chi connectivity index (χ1n) is 7.90. The predicted molar refractivity (Wildman–Crippen MR) is 102 cm³/mol. The monoisotopic (exact) mass is 446 g/mol. The summed E-state index contributed by atoms with van der Waals surface area (Å²) < 4.78 is 64.3. The van der Waals surface area contributed by atoms with E-state index < -0.39 is 35.5 Å². The topological polar surface area (TPSA) is 58.3 Å². The molecule has 2 aromatic rings. The molecule has 0 aliphatic carbocycles. The van der Waals surface area contributed by atoms with Crippen molar-refractivity contribution in [1.29, 1.82) is 0 Å². The smallest absolute Gasteiger partial charge is 0.390 e. The van der Waals surface area contributed by atoms with Gasteiger partial charge in [-0.25, -0.2) is 8.78 Å². The Bertz CT molecular complexity index is 726. The number of hydrogen-bond donors (Lipinski definition) is 3. The Kier molecular flexibility index (Phi) is 10.9. The molecule has 2 atom stereocenters. The lowest BCUT2D eigenvalue weighted by Gasteiger charge is -2.20. The molecule has 0 aliphatic heterocycles. The molecule has 0 amide bonds. The Hall–Kier alpha value is -1.45. The molecule has 0 bridgehead atoms. The fourth-order valence-electron chi connectivity index (χ4n) is 2.51. The van der Waals surface area contributed by atoms with Crippen molar-refractivity contribution in [3.63, 3.8) is 0 Å². The van der Waals surface area contributed by atoms with Crippen LogP contribution in [0.1, 0.15) is 16.7 Å². The lowest BCUT2D eigenvalue weighted by molar-refractivity contribution is -0.137. The summed E-state index contributed by atoms with van der Waals surface area (Å²) in [6.07, 6.45) is -5.40. The van der Waals surface area contributed by atoms with E-state index in [-0.39, 0.29) is 44.3 Å². The number of benzene rings is 2. The number of alkyl halides is 3. The van der Waals surface area contributed by atoms with Gasteiger partial charge in [0, 0.05) is 25.2 Å². The lowest BCUT2D eigenvalue weighted by atomic mass is 10.0. The van der Waals surface area contributed by atoms with Crippen molar-refractivity contribution in [2.45, 2.75) is 31.3 Å². The maximum atomic E-state index is 13.2. The molecule has 4 N–H and O–H groups in total. The number of aliphatic hydroxyl groups is 1. The van der Waals surface area contributed by atoms with E-state index in [9.17, 15) is 27.1 Å². The van der Waals surface area contributed by atoms with Crippen LogP contribution in [0.3, 0.4) is 0 Å². The van der Waals surface area contributed by atoms with Gasteiger partial charge >= 0.3 is 6.18 Å². The Balaban J connectivity index is 0.00000364. The van der Waals surface area contributed by atoms with Crippen molar-refractivity contribution in [2.75, 3.05) is 6.54 Å². The zero-order chi connectivity index (χ0) is 19.3. The SMILES string of the molecule is Cl.Cl.NC(Cc1cc(F)cc(F)c1)C(O)CNCc1cccc(C(F)(F)F)c1. The van der Waals surface area contributed by atoms with E-state index in [2.05, 4.69) is 5.32 Å². The van der Waals surface area contributed by atoms with E-state index in [1.54, 1.807) is 0 Å². The summed E-state index contributed by atoms with van der Waals surface area (Å²) in [5, 5.41) is 12.8. The van der Waals surface area contributed by atoms with Gasteiger partial charge in [-0.3, -0.25) is 0 Å². The van der Waals surface area contributed by atoms with Gasteiger partial charge in [0.1, 0.15) is 11.6 Å². The highest BCUT2D eigenvalue weighted by molar-refractivity contribution is 5.85. The maximum Gasteiger partial charge on any atom is 0.416 e. The van der Waals surface area contributed by atoms with Crippen molar-refractivity contribution < 1.29 is 27.1 Å². The number of nitrogens with two attached hydrogens (primary N) is 1. The molecule has 0 heterocycles. The van der Waals surface area contributed by atoms with Crippen LogP contribution in [0.2, 0.25) is 0 Å². The molecule has 0 aliphatic rings. The summed E-state index contributed by atoms with van der Waals surface area (Å²) in [5.41, 5.74) is 5.80. The first kappa shape index (κ1) is 26.6. The van der Waals surface area contributed by atoms with E-state index in [1.165, 1.54) is 12.1 Å². The second-order valence-corrected chi connectivity index (χ2v) is 6.04. The van der Waals surface area contributed by atoms with Gasteiger partial charge < -0.3 is 16.2 Å². The van der Waals surface area contributed by atoms with E-state index in [0.29, 0.717) is 11.1 Å². The van der Waals surface area contributed by atoms with Crippen LogP contribution in [0, 0.1) is 11.6 Å². The van der Waals surface area contributed by atoms with Gasteiger partial charge in [-0.1, -0.05) is 18.2 Å². The lowest BCUT2D eigenvalue weighted by Crippen LogP contribution is -2.43. The number of rotatable bonds is 7. The first-order valence-corrected chi connectivity index (χ1v) is 7.90. The fourth-order valence-corrected chi connectivity index (χ4v) is 2.51. The zero-order valence-corrected chi connectivity index (χ0v) is 16.2. The summed E-state index contributed by atoms with van der Waals surface area (Å²) in [6, 6.07) is 7.05. The molecular formula is C18H21Cl2F5N2O. The minimum atomic E-state index is -4.42. The van der Waals surface area contributed by atoms with Crippen LogP contribution >= 0.6 is 24.8 Å². The molecular weight excluding hydrogens is 426 g/mol. The first-order chi connectivity index (χ1) is 12.1. The van der Waals surface area contributed by atoms with Crippen LogP contribution in [0.4, 0.5) is 22.0 Å². The van der Waals surface area contributed by atoms with Gasteiger partial charge in [0.2, 0.25) is 0 Å². The van der Waals surface area contributed by atoms with E-state index in [1.807, 2.05) is 0 Å². The normalized spacial score (nSPS) is 13.2. The van der Waals surface area contributed by atoms with Crippen molar-refractivity contribution in [3.05, 3.63) is 70.8 Å². The minimum absolute atomic E-state index is 0. The molecule has 0 aromatic heterocycles. The highest BCUT2D eigenvalue weighted by atomic mass is 35.5. The van der Waals surface area contributed by atoms with Gasteiger partial charge in [-0.05, 0) is 35.7 Å². The van der Waals surface area contributed by atoms with Crippen molar-refractivity contribution >= 4 is 24.8 Å². The third kappa shape index (κ3) is 8.28.